The zero-order chi connectivity index (χ0) is 15.1. The number of halogens is 1. The first kappa shape index (κ1) is 15.3. The number of amides is 1. The third-order valence-corrected chi connectivity index (χ3v) is 5.83. The van der Waals surface area contributed by atoms with E-state index in [2.05, 4.69) is 15.9 Å². The Balaban J connectivity index is 2.33. The average molecular weight is 361 g/mol. The van der Waals surface area contributed by atoms with E-state index in [4.69, 9.17) is 5.73 Å². The second-order valence-electron chi connectivity index (χ2n) is 5.13. The highest BCUT2D eigenvalue weighted by Crippen LogP contribution is 2.25. The van der Waals surface area contributed by atoms with E-state index >= 15 is 0 Å². The lowest BCUT2D eigenvalue weighted by molar-refractivity contribution is 0.0712. The van der Waals surface area contributed by atoms with Gasteiger partial charge in [0, 0.05) is 28.3 Å². The van der Waals surface area contributed by atoms with Crippen molar-refractivity contribution < 1.29 is 13.2 Å². The van der Waals surface area contributed by atoms with Crippen molar-refractivity contribution in [3.05, 3.63) is 27.7 Å². The van der Waals surface area contributed by atoms with Crippen LogP contribution in [0.25, 0.3) is 0 Å². The van der Waals surface area contributed by atoms with Crippen LogP contribution < -0.4 is 5.73 Å². The normalized spacial score (nSPS) is 21.8. The van der Waals surface area contributed by atoms with Gasteiger partial charge in [0.05, 0.1) is 11.5 Å². The fraction of sp³-hybridized carbons (Fsp3) is 0.462. The molecule has 1 aromatic carbocycles. The van der Waals surface area contributed by atoms with Gasteiger partial charge in [-0.25, -0.2) is 8.42 Å². The van der Waals surface area contributed by atoms with Crippen molar-refractivity contribution in [3.63, 3.8) is 0 Å². The number of hydrogen-bond acceptors (Lipinski definition) is 4. The highest BCUT2D eigenvalue weighted by atomic mass is 79.9. The maximum atomic E-state index is 12.6. The molecular formula is C13H17BrN2O3S. The Morgan fingerprint density at radius 1 is 1.45 bits per heavy atom. The van der Waals surface area contributed by atoms with Crippen molar-refractivity contribution in [2.24, 2.45) is 0 Å². The summed E-state index contributed by atoms with van der Waals surface area (Å²) in [7, 11) is -3.03. The van der Waals surface area contributed by atoms with E-state index in [9.17, 15) is 13.2 Å². The summed E-state index contributed by atoms with van der Waals surface area (Å²) in [5.74, 6) is -0.134. The highest BCUT2D eigenvalue weighted by molar-refractivity contribution is 9.10. The molecule has 2 rings (SSSR count). The van der Waals surface area contributed by atoms with Gasteiger partial charge in [0.25, 0.3) is 5.91 Å². The fourth-order valence-electron chi connectivity index (χ4n) is 2.38. The molecule has 1 aliphatic rings. The minimum atomic E-state index is -3.03. The lowest BCUT2D eigenvalue weighted by Crippen LogP contribution is -2.49. The van der Waals surface area contributed by atoms with Crippen LogP contribution in [0.2, 0.25) is 0 Å². The van der Waals surface area contributed by atoms with Gasteiger partial charge in [0.1, 0.15) is 0 Å². The van der Waals surface area contributed by atoms with Crippen LogP contribution in [0, 0.1) is 6.92 Å². The number of nitrogen functional groups attached to an aromatic ring is 1. The Kier molecular flexibility index (Phi) is 4.11. The predicted octanol–water partition coefficient (Wildman–Crippen LogP) is 1.60. The Hall–Kier alpha value is -1.08. The number of nitrogens with two attached hydrogens (primary N) is 1. The molecule has 0 bridgehead atoms. The van der Waals surface area contributed by atoms with Gasteiger partial charge in [-0.05, 0) is 31.5 Å². The summed E-state index contributed by atoms with van der Waals surface area (Å²) < 4.78 is 23.9. The number of hydrogen-bond donors (Lipinski definition) is 1. The summed E-state index contributed by atoms with van der Waals surface area (Å²) in [6.45, 7) is 3.78. The molecule has 1 atom stereocenters. The molecule has 0 saturated carbocycles. The van der Waals surface area contributed by atoms with Gasteiger partial charge in [-0.15, -0.1) is 0 Å². The van der Waals surface area contributed by atoms with E-state index in [1.54, 1.807) is 30.9 Å². The van der Waals surface area contributed by atoms with Crippen LogP contribution >= 0.6 is 15.9 Å². The standard InChI is InChI=1S/C13H17BrN2O3S/c1-8-7-20(18,19)4-3-16(8)13(17)11-5-10(14)6-12(15)9(11)2/h5-6,8H,3-4,7,15H2,1-2H3. The van der Waals surface area contributed by atoms with Crippen LogP contribution in [0.4, 0.5) is 5.69 Å². The van der Waals surface area contributed by atoms with Crippen LogP contribution in [0.3, 0.4) is 0 Å². The molecule has 1 aliphatic heterocycles. The van der Waals surface area contributed by atoms with Crippen molar-refractivity contribution in [3.8, 4) is 0 Å². The van der Waals surface area contributed by atoms with E-state index < -0.39 is 9.84 Å². The maximum Gasteiger partial charge on any atom is 0.254 e. The molecule has 110 valence electrons. The Morgan fingerprint density at radius 3 is 2.70 bits per heavy atom. The maximum absolute atomic E-state index is 12.6. The molecule has 1 saturated heterocycles. The lowest BCUT2D eigenvalue weighted by atomic mass is 10.0. The first-order valence-electron chi connectivity index (χ1n) is 6.28. The summed E-state index contributed by atoms with van der Waals surface area (Å²) in [5.41, 5.74) is 7.65. The van der Waals surface area contributed by atoms with Crippen molar-refractivity contribution >= 4 is 37.4 Å². The minimum Gasteiger partial charge on any atom is -0.398 e. The summed E-state index contributed by atoms with van der Waals surface area (Å²) in [5, 5.41) is 0. The molecule has 0 spiro atoms. The molecular weight excluding hydrogens is 344 g/mol. The molecule has 1 amide bonds. The molecule has 7 heteroatoms. The number of carbonyl (C=O) groups excluding carboxylic acids is 1. The third-order valence-electron chi connectivity index (χ3n) is 3.57. The first-order chi connectivity index (χ1) is 9.21. The molecule has 0 aliphatic carbocycles. The van der Waals surface area contributed by atoms with Crippen molar-refractivity contribution in [2.75, 3.05) is 23.8 Å². The van der Waals surface area contributed by atoms with E-state index in [0.717, 1.165) is 10.0 Å². The lowest BCUT2D eigenvalue weighted by Gasteiger charge is -2.33. The molecule has 5 nitrogen and oxygen atoms in total. The Labute approximate surface area is 127 Å². The molecule has 2 N–H and O–H groups in total. The number of benzene rings is 1. The second kappa shape index (κ2) is 5.37. The van der Waals surface area contributed by atoms with Crippen LogP contribution in [0.1, 0.15) is 22.8 Å². The monoisotopic (exact) mass is 360 g/mol. The van der Waals surface area contributed by atoms with Gasteiger partial charge in [-0.2, -0.15) is 0 Å². The highest BCUT2D eigenvalue weighted by Gasteiger charge is 2.32. The second-order valence-corrected chi connectivity index (χ2v) is 8.27. The smallest absolute Gasteiger partial charge is 0.254 e. The molecule has 20 heavy (non-hydrogen) atoms. The van der Waals surface area contributed by atoms with Crippen molar-refractivity contribution in [1.82, 2.24) is 4.90 Å². The fourth-order valence-corrected chi connectivity index (χ4v) is 4.41. The number of sulfone groups is 1. The molecule has 1 aromatic rings. The third kappa shape index (κ3) is 2.98. The quantitative estimate of drug-likeness (QED) is 0.771. The minimum absolute atomic E-state index is 0.0152. The average Bonchev–Trinajstić information content (AvgIpc) is 2.32. The molecule has 0 radical (unpaired) electrons. The van der Waals surface area contributed by atoms with E-state index in [-0.39, 0.29) is 30.0 Å². The van der Waals surface area contributed by atoms with E-state index in [1.165, 1.54) is 0 Å². The number of nitrogens with zero attached hydrogens (tertiary/aromatic N) is 1. The predicted molar refractivity (Wildman–Crippen MR) is 82.4 cm³/mol. The van der Waals surface area contributed by atoms with Crippen LogP contribution in [-0.4, -0.2) is 43.3 Å². The molecule has 1 unspecified atom stereocenters. The van der Waals surface area contributed by atoms with Crippen LogP contribution in [0.5, 0.6) is 0 Å². The van der Waals surface area contributed by atoms with Gasteiger partial charge < -0.3 is 10.6 Å². The van der Waals surface area contributed by atoms with Gasteiger partial charge in [-0.3, -0.25) is 4.79 Å². The van der Waals surface area contributed by atoms with Gasteiger partial charge in [-0.1, -0.05) is 15.9 Å². The number of anilines is 1. The topological polar surface area (TPSA) is 80.5 Å². The summed E-state index contributed by atoms with van der Waals surface area (Å²) in [6, 6.07) is 3.15. The van der Waals surface area contributed by atoms with E-state index in [1.807, 2.05) is 0 Å². The zero-order valence-electron chi connectivity index (χ0n) is 11.4. The summed E-state index contributed by atoms with van der Waals surface area (Å²) in [6.07, 6.45) is 0. The molecule has 1 heterocycles. The van der Waals surface area contributed by atoms with Crippen molar-refractivity contribution in [1.29, 1.82) is 0 Å². The van der Waals surface area contributed by atoms with Crippen LogP contribution in [0.15, 0.2) is 16.6 Å². The Bertz CT molecular complexity index is 658. The largest absolute Gasteiger partial charge is 0.398 e. The number of rotatable bonds is 1. The van der Waals surface area contributed by atoms with Crippen molar-refractivity contribution in [2.45, 2.75) is 19.9 Å². The Morgan fingerprint density at radius 2 is 2.10 bits per heavy atom. The first-order valence-corrected chi connectivity index (χ1v) is 8.90. The number of carbonyl (C=O) groups is 1. The van der Waals surface area contributed by atoms with Gasteiger partial charge >= 0.3 is 0 Å². The summed E-state index contributed by atoms with van der Waals surface area (Å²) >= 11 is 3.33. The zero-order valence-corrected chi connectivity index (χ0v) is 13.8. The SMILES string of the molecule is Cc1c(N)cc(Br)cc1C(=O)N1CCS(=O)(=O)CC1C. The van der Waals surface area contributed by atoms with Crippen LogP contribution in [-0.2, 0) is 9.84 Å². The van der Waals surface area contributed by atoms with Gasteiger partial charge in [0.15, 0.2) is 9.84 Å². The molecule has 0 aromatic heterocycles. The van der Waals surface area contributed by atoms with Gasteiger partial charge in [0.2, 0.25) is 0 Å². The summed E-state index contributed by atoms with van der Waals surface area (Å²) in [4.78, 5) is 14.2. The van der Waals surface area contributed by atoms with E-state index in [0.29, 0.717) is 11.3 Å². The molecule has 1 fully saturated rings.